The van der Waals surface area contributed by atoms with Gasteiger partial charge in [-0.3, -0.25) is 0 Å². The van der Waals surface area contributed by atoms with E-state index in [2.05, 4.69) is 15.0 Å². The number of hydrogen-bond donors (Lipinski definition) is 3. The summed E-state index contributed by atoms with van der Waals surface area (Å²) in [6.45, 7) is 4.12. The quantitative estimate of drug-likeness (QED) is 0.631. The van der Waals surface area contributed by atoms with Gasteiger partial charge >= 0.3 is 5.51 Å². The molecule has 5 nitrogen and oxygen atoms in total. The van der Waals surface area contributed by atoms with Gasteiger partial charge < -0.3 is 10.3 Å². The van der Waals surface area contributed by atoms with Crippen molar-refractivity contribution in [2.45, 2.75) is 36.8 Å². The van der Waals surface area contributed by atoms with E-state index in [9.17, 15) is 21.6 Å². The first-order valence-corrected chi connectivity index (χ1v) is 8.68. The van der Waals surface area contributed by atoms with Crippen molar-refractivity contribution < 1.29 is 21.6 Å². The zero-order valence-corrected chi connectivity index (χ0v) is 13.3. The molecule has 0 radical (unpaired) electrons. The third-order valence-corrected chi connectivity index (χ3v) is 4.56. The fourth-order valence-electron chi connectivity index (χ4n) is 1.42. The molecule has 0 amide bonds. The Balaban J connectivity index is 2.51. The Kier molecular flexibility index (Phi) is 6.57. The Bertz CT molecular complexity index is 541. The van der Waals surface area contributed by atoms with Crippen LogP contribution < -0.4 is 10.0 Å². The average Bonchev–Trinajstić information content (AvgIpc) is 2.80. The summed E-state index contributed by atoms with van der Waals surface area (Å²) in [5.41, 5.74) is -3.66. The molecule has 0 fully saturated rings. The van der Waals surface area contributed by atoms with Gasteiger partial charge in [-0.25, -0.2) is 13.1 Å². The van der Waals surface area contributed by atoms with Gasteiger partial charge in [-0.05, 0) is 17.8 Å². The van der Waals surface area contributed by atoms with Crippen LogP contribution in [0, 0.1) is 0 Å². The van der Waals surface area contributed by atoms with Gasteiger partial charge in [-0.1, -0.05) is 13.8 Å². The van der Waals surface area contributed by atoms with Crippen molar-refractivity contribution in [3.05, 3.63) is 18.0 Å². The van der Waals surface area contributed by atoms with E-state index in [0.29, 0.717) is 12.2 Å². The molecule has 0 atom stereocenters. The third kappa shape index (κ3) is 7.21. The van der Waals surface area contributed by atoms with Crippen LogP contribution in [0.2, 0.25) is 0 Å². The molecular weight excluding hydrogens is 327 g/mol. The maximum atomic E-state index is 11.9. The minimum Gasteiger partial charge on any atom is -0.363 e. The van der Waals surface area contributed by atoms with E-state index in [4.69, 9.17) is 0 Å². The SMILES string of the molecule is CC(C)NCc1cc(S(=O)(=O)NCCSC(F)(F)F)c[nH]1. The second-order valence-corrected chi connectivity index (χ2v) is 7.51. The number of hydrogen-bond acceptors (Lipinski definition) is 4. The van der Waals surface area contributed by atoms with Crippen LogP contribution >= 0.6 is 11.8 Å². The highest BCUT2D eigenvalue weighted by Crippen LogP contribution is 2.29. The van der Waals surface area contributed by atoms with Gasteiger partial charge in [0.25, 0.3) is 0 Å². The van der Waals surface area contributed by atoms with Gasteiger partial charge in [-0.15, -0.1) is 0 Å². The highest BCUT2D eigenvalue weighted by molar-refractivity contribution is 8.00. The van der Waals surface area contributed by atoms with E-state index in [1.165, 1.54) is 12.3 Å². The highest BCUT2D eigenvalue weighted by Gasteiger charge is 2.27. The molecule has 0 aliphatic carbocycles. The van der Waals surface area contributed by atoms with Gasteiger partial charge in [-0.2, -0.15) is 13.2 Å². The molecule has 1 rings (SSSR count). The van der Waals surface area contributed by atoms with E-state index < -0.39 is 15.5 Å². The summed E-state index contributed by atoms with van der Waals surface area (Å²) in [5, 5.41) is 3.12. The first-order valence-electron chi connectivity index (χ1n) is 6.21. The standard InChI is InChI=1S/C11H18F3N3O2S2/c1-8(2)15-6-9-5-10(7-16-9)21(18,19)17-3-4-20-11(12,13)14/h5,7-8,15-17H,3-4,6H2,1-2H3. The molecular formula is C11H18F3N3O2S2. The molecule has 0 unspecified atom stereocenters. The molecule has 1 aromatic rings. The minimum absolute atomic E-state index is 0.0139. The maximum absolute atomic E-state index is 11.9. The van der Waals surface area contributed by atoms with E-state index in [-0.39, 0.29) is 35.0 Å². The summed E-state index contributed by atoms with van der Waals surface area (Å²) in [4.78, 5) is 2.83. The molecule has 21 heavy (non-hydrogen) atoms. The van der Waals surface area contributed by atoms with Crippen molar-refractivity contribution in [2.24, 2.45) is 0 Å². The van der Waals surface area contributed by atoms with Crippen molar-refractivity contribution in [1.29, 1.82) is 0 Å². The summed E-state index contributed by atoms with van der Waals surface area (Å²) in [5.74, 6) is -0.366. The average molecular weight is 345 g/mol. The number of alkyl halides is 3. The normalized spacial score (nSPS) is 13.0. The van der Waals surface area contributed by atoms with Crippen LogP contribution in [0.4, 0.5) is 13.2 Å². The zero-order valence-electron chi connectivity index (χ0n) is 11.6. The van der Waals surface area contributed by atoms with Crippen LogP contribution in [-0.4, -0.2) is 37.2 Å². The second kappa shape index (κ2) is 7.52. The Morgan fingerprint density at radius 2 is 2.05 bits per heavy atom. The lowest BCUT2D eigenvalue weighted by Gasteiger charge is -2.07. The van der Waals surface area contributed by atoms with Gasteiger partial charge in [0.05, 0.1) is 4.90 Å². The molecule has 0 saturated carbocycles. The number of sulfonamides is 1. The summed E-state index contributed by atoms with van der Waals surface area (Å²) in [6.07, 6.45) is 1.32. The number of halogens is 3. The lowest BCUT2D eigenvalue weighted by molar-refractivity contribution is -0.0327. The molecule has 1 aromatic heterocycles. The highest BCUT2D eigenvalue weighted by atomic mass is 32.2. The predicted octanol–water partition coefficient (Wildman–Crippen LogP) is 2.04. The molecule has 0 aromatic carbocycles. The first kappa shape index (κ1) is 18.3. The van der Waals surface area contributed by atoms with E-state index in [1.807, 2.05) is 13.8 Å². The molecule has 0 aliphatic heterocycles. The molecule has 0 aliphatic rings. The Morgan fingerprint density at radius 1 is 1.38 bits per heavy atom. The van der Waals surface area contributed by atoms with Crippen molar-refractivity contribution >= 4 is 21.8 Å². The number of aromatic nitrogens is 1. The molecule has 0 bridgehead atoms. The number of rotatable bonds is 8. The van der Waals surface area contributed by atoms with Gasteiger partial charge in [0.15, 0.2) is 0 Å². The predicted molar refractivity (Wildman–Crippen MR) is 76.5 cm³/mol. The Labute approximate surface area is 126 Å². The Hall–Kier alpha value is -0.710. The zero-order chi connectivity index (χ0) is 16.1. The largest absolute Gasteiger partial charge is 0.441 e. The number of thioether (sulfide) groups is 1. The molecule has 1 heterocycles. The minimum atomic E-state index is -4.35. The first-order chi connectivity index (χ1) is 9.60. The summed E-state index contributed by atoms with van der Waals surface area (Å²) in [7, 11) is -3.79. The summed E-state index contributed by atoms with van der Waals surface area (Å²) in [6, 6.07) is 1.71. The van der Waals surface area contributed by atoms with E-state index in [0.717, 1.165) is 0 Å². The van der Waals surface area contributed by atoms with Crippen LogP contribution in [0.5, 0.6) is 0 Å². The van der Waals surface area contributed by atoms with Crippen LogP contribution in [-0.2, 0) is 16.6 Å². The van der Waals surface area contributed by atoms with E-state index >= 15 is 0 Å². The van der Waals surface area contributed by atoms with Crippen molar-refractivity contribution in [3.8, 4) is 0 Å². The third-order valence-electron chi connectivity index (χ3n) is 2.39. The fourth-order valence-corrected chi connectivity index (χ4v) is 3.03. The van der Waals surface area contributed by atoms with Gasteiger partial charge in [0.2, 0.25) is 10.0 Å². The molecule has 10 heteroatoms. The van der Waals surface area contributed by atoms with Crippen LogP contribution in [0.25, 0.3) is 0 Å². The number of H-pyrrole nitrogens is 1. The van der Waals surface area contributed by atoms with Gasteiger partial charge in [0.1, 0.15) is 0 Å². The smallest absolute Gasteiger partial charge is 0.363 e. The topological polar surface area (TPSA) is 74.0 Å². The molecule has 0 spiro atoms. The van der Waals surface area contributed by atoms with Gasteiger partial charge in [0, 0.05) is 36.8 Å². The van der Waals surface area contributed by atoms with Crippen molar-refractivity contribution in [2.75, 3.05) is 12.3 Å². The lowest BCUT2D eigenvalue weighted by atomic mass is 10.3. The second-order valence-electron chi connectivity index (χ2n) is 4.59. The van der Waals surface area contributed by atoms with Crippen LogP contribution in [0.15, 0.2) is 17.2 Å². The molecule has 3 N–H and O–H groups in total. The monoisotopic (exact) mass is 345 g/mol. The summed E-state index contributed by atoms with van der Waals surface area (Å²) < 4.78 is 61.6. The number of nitrogens with one attached hydrogen (secondary N) is 3. The Morgan fingerprint density at radius 3 is 2.62 bits per heavy atom. The van der Waals surface area contributed by atoms with Crippen LogP contribution in [0.3, 0.4) is 0 Å². The van der Waals surface area contributed by atoms with Crippen molar-refractivity contribution in [3.63, 3.8) is 0 Å². The van der Waals surface area contributed by atoms with E-state index in [1.54, 1.807) is 0 Å². The van der Waals surface area contributed by atoms with Crippen molar-refractivity contribution in [1.82, 2.24) is 15.0 Å². The lowest BCUT2D eigenvalue weighted by Crippen LogP contribution is -2.26. The van der Waals surface area contributed by atoms with Crippen LogP contribution in [0.1, 0.15) is 19.5 Å². The number of aromatic amines is 1. The molecule has 122 valence electrons. The fraction of sp³-hybridized carbons (Fsp3) is 0.636. The molecule has 0 saturated heterocycles. The summed E-state index contributed by atoms with van der Waals surface area (Å²) >= 11 is -0.259. The maximum Gasteiger partial charge on any atom is 0.441 e.